The Morgan fingerprint density at radius 3 is 2.00 bits per heavy atom. The predicted octanol–water partition coefficient (Wildman–Crippen LogP) is 6.05. The summed E-state index contributed by atoms with van der Waals surface area (Å²) in [5, 5.41) is 2.16. The summed E-state index contributed by atoms with van der Waals surface area (Å²) >= 11 is 1.87. The molecule has 1 aromatic carbocycles. The standard InChI is InChI=1S/C23H34O3SSi/c1-16(24)26-21-18(22(2,3)4)13-17(14-19(21)23(5,6)7)27-15-28(8,9)20-11-10-12-25-20/h10-14H,15H2,1-9H3. The third kappa shape index (κ3) is 5.54. The van der Waals surface area contributed by atoms with Gasteiger partial charge in [-0.1, -0.05) is 54.6 Å². The molecule has 0 bridgehead atoms. The summed E-state index contributed by atoms with van der Waals surface area (Å²) < 4.78 is 11.4. The highest BCUT2D eigenvalue weighted by atomic mass is 32.2. The van der Waals surface area contributed by atoms with Gasteiger partial charge in [0.05, 0.1) is 11.6 Å². The van der Waals surface area contributed by atoms with Gasteiger partial charge in [0.25, 0.3) is 0 Å². The van der Waals surface area contributed by atoms with Crippen LogP contribution in [0.15, 0.2) is 39.8 Å². The summed E-state index contributed by atoms with van der Waals surface area (Å²) in [6.45, 7) is 19.1. The normalized spacial score (nSPS) is 12.9. The van der Waals surface area contributed by atoms with Gasteiger partial charge in [-0.15, -0.1) is 11.8 Å². The zero-order chi connectivity index (χ0) is 21.3. The van der Waals surface area contributed by atoms with E-state index in [1.807, 2.05) is 17.8 Å². The van der Waals surface area contributed by atoms with Crippen molar-refractivity contribution < 1.29 is 13.9 Å². The molecule has 1 heterocycles. The van der Waals surface area contributed by atoms with Crippen molar-refractivity contribution in [1.29, 1.82) is 0 Å². The van der Waals surface area contributed by atoms with Gasteiger partial charge >= 0.3 is 5.97 Å². The van der Waals surface area contributed by atoms with Crippen molar-refractivity contribution >= 4 is 31.2 Å². The van der Waals surface area contributed by atoms with Crippen molar-refractivity contribution in [3.63, 3.8) is 0 Å². The Morgan fingerprint density at radius 2 is 1.61 bits per heavy atom. The molecule has 0 saturated carbocycles. The van der Waals surface area contributed by atoms with Crippen LogP contribution in [0.1, 0.15) is 59.6 Å². The van der Waals surface area contributed by atoms with Gasteiger partial charge in [0.15, 0.2) is 0 Å². The molecular weight excluding hydrogens is 384 g/mol. The molecule has 2 rings (SSSR count). The van der Waals surface area contributed by atoms with Crippen LogP contribution in [0.25, 0.3) is 0 Å². The zero-order valence-electron chi connectivity index (χ0n) is 18.7. The van der Waals surface area contributed by atoms with Gasteiger partial charge in [-0.05, 0) is 35.1 Å². The van der Waals surface area contributed by atoms with E-state index in [1.165, 1.54) is 11.8 Å². The van der Waals surface area contributed by atoms with Crippen LogP contribution >= 0.6 is 11.8 Å². The van der Waals surface area contributed by atoms with Gasteiger partial charge in [-0.2, -0.15) is 0 Å². The molecule has 28 heavy (non-hydrogen) atoms. The second kappa shape index (κ2) is 8.11. The minimum atomic E-state index is -1.67. The molecule has 0 amide bonds. The quantitative estimate of drug-likeness (QED) is 0.256. The average Bonchev–Trinajstić information content (AvgIpc) is 3.06. The summed E-state index contributed by atoms with van der Waals surface area (Å²) in [5.41, 5.74) is 1.90. The number of rotatable bonds is 5. The maximum atomic E-state index is 11.8. The average molecular weight is 419 g/mol. The van der Waals surface area contributed by atoms with Crippen LogP contribution in [0.5, 0.6) is 5.75 Å². The molecule has 0 fully saturated rings. The first kappa shape index (κ1) is 22.8. The highest BCUT2D eigenvalue weighted by molar-refractivity contribution is 8.01. The molecule has 5 heteroatoms. The first-order valence-electron chi connectivity index (χ1n) is 9.76. The molecule has 0 spiro atoms. The summed E-state index contributed by atoms with van der Waals surface area (Å²) in [4.78, 5) is 13.0. The third-order valence-corrected chi connectivity index (χ3v) is 10.4. The number of carbonyl (C=O) groups excluding carboxylic acids is 1. The van der Waals surface area contributed by atoms with Gasteiger partial charge < -0.3 is 9.15 Å². The number of hydrogen-bond acceptors (Lipinski definition) is 4. The third-order valence-electron chi connectivity index (χ3n) is 4.71. The molecule has 0 atom stereocenters. The van der Waals surface area contributed by atoms with Crippen molar-refractivity contribution in [1.82, 2.24) is 0 Å². The molecule has 0 aliphatic carbocycles. The maximum absolute atomic E-state index is 11.8. The zero-order valence-corrected chi connectivity index (χ0v) is 20.5. The number of esters is 1. The minimum Gasteiger partial charge on any atom is -0.474 e. The molecule has 0 aliphatic heterocycles. The molecule has 1 aromatic heterocycles. The summed E-state index contributed by atoms with van der Waals surface area (Å²) in [7, 11) is -1.67. The maximum Gasteiger partial charge on any atom is 0.308 e. The van der Waals surface area contributed by atoms with Crippen molar-refractivity contribution in [3.8, 4) is 5.75 Å². The van der Waals surface area contributed by atoms with Crippen molar-refractivity contribution in [2.75, 3.05) is 5.38 Å². The lowest BCUT2D eigenvalue weighted by Crippen LogP contribution is -2.43. The van der Waals surface area contributed by atoms with E-state index >= 15 is 0 Å². The fourth-order valence-electron chi connectivity index (χ4n) is 3.05. The van der Waals surface area contributed by atoms with Gasteiger partial charge in [0, 0.05) is 28.3 Å². The van der Waals surface area contributed by atoms with Crippen LogP contribution in [0, 0.1) is 0 Å². The Morgan fingerprint density at radius 1 is 1.07 bits per heavy atom. The molecule has 0 N–H and O–H groups in total. The lowest BCUT2D eigenvalue weighted by atomic mass is 9.79. The second-order valence-corrected chi connectivity index (χ2v) is 16.3. The van der Waals surface area contributed by atoms with Gasteiger partial charge in [-0.25, -0.2) is 0 Å². The Bertz CT molecular complexity index is 790. The van der Waals surface area contributed by atoms with Gasteiger partial charge in [0.2, 0.25) is 0 Å². The molecule has 0 radical (unpaired) electrons. The lowest BCUT2D eigenvalue weighted by molar-refractivity contribution is -0.132. The van der Waals surface area contributed by atoms with Crippen LogP contribution in [0.4, 0.5) is 0 Å². The lowest BCUT2D eigenvalue weighted by Gasteiger charge is -2.30. The number of benzene rings is 1. The predicted molar refractivity (Wildman–Crippen MR) is 122 cm³/mol. The molecule has 2 aromatic rings. The first-order chi connectivity index (χ1) is 12.7. The van der Waals surface area contributed by atoms with E-state index in [0.29, 0.717) is 0 Å². The largest absolute Gasteiger partial charge is 0.474 e. The van der Waals surface area contributed by atoms with E-state index in [0.717, 1.165) is 27.6 Å². The van der Waals surface area contributed by atoms with E-state index in [1.54, 1.807) is 6.26 Å². The summed E-state index contributed by atoms with van der Waals surface area (Å²) in [5.74, 6) is 0.446. The van der Waals surface area contributed by atoms with Crippen molar-refractivity contribution in [2.45, 2.75) is 77.3 Å². The van der Waals surface area contributed by atoms with Crippen LogP contribution in [0.3, 0.4) is 0 Å². The van der Waals surface area contributed by atoms with E-state index in [-0.39, 0.29) is 16.8 Å². The Balaban J connectivity index is 2.49. The van der Waals surface area contributed by atoms with Crippen LogP contribution in [-0.4, -0.2) is 19.4 Å². The highest BCUT2D eigenvalue weighted by Gasteiger charge is 2.31. The van der Waals surface area contributed by atoms with Gasteiger partial charge in [-0.3, -0.25) is 4.79 Å². The molecule has 0 unspecified atom stereocenters. The van der Waals surface area contributed by atoms with Crippen LogP contribution in [-0.2, 0) is 15.6 Å². The number of furan rings is 1. The van der Waals surface area contributed by atoms with E-state index in [2.05, 4.69) is 72.8 Å². The van der Waals surface area contributed by atoms with Crippen molar-refractivity contribution in [2.24, 2.45) is 0 Å². The monoisotopic (exact) mass is 418 g/mol. The summed E-state index contributed by atoms with van der Waals surface area (Å²) in [6.07, 6.45) is 1.76. The number of carbonyl (C=O) groups is 1. The van der Waals surface area contributed by atoms with Gasteiger partial charge in [0.1, 0.15) is 13.8 Å². The fraction of sp³-hybridized carbons (Fsp3) is 0.522. The van der Waals surface area contributed by atoms with Crippen LogP contribution in [0.2, 0.25) is 13.1 Å². The van der Waals surface area contributed by atoms with E-state index in [4.69, 9.17) is 9.15 Å². The van der Waals surface area contributed by atoms with Crippen LogP contribution < -0.4 is 10.1 Å². The molecule has 154 valence electrons. The SMILES string of the molecule is CC(=O)Oc1c(C(C)(C)C)cc(SC[Si](C)(C)c2ccco2)cc1C(C)(C)C. The van der Waals surface area contributed by atoms with E-state index < -0.39 is 8.07 Å². The Labute approximate surface area is 175 Å². The first-order valence-corrected chi connectivity index (χ1v) is 14.0. The molecule has 0 aliphatic rings. The highest BCUT2D eigenvalue weighted by Crippen LogP contribution is 2.43. The van der Waals surface area contributed by atoms with E-state index in [9.17, 15) is 4.79 Å². The molecule has 0 saturated heterocycles. The topological polar surface area (TPSA) is 39.4 Å². The summed E-state index contributed by atoms with van der Waals surface area (Å²) in [6, 6.07) is 8.46. The Kier molecular flexibility index (Phi) is 6.61. The molecular formula is C23H34O3SSi. The number of hydrogen-bond donors (Lipinski definition) is 0. The van der Waals surface area contributed by atoms with Crippen molar-refractivity contribution in [3.05, 3.63) is 41.7 Å². The molecule has 3 nitrogen and oxygen atoms in total. The Hall–Kier alpha value is -1.46. The second-order valence-electron chi connectivity index (χ2n) is 10.1. The number of thioether (sulfide) groups is 1. The fourth-order valence-corrected chi connectivity index (χ4v) is 7.07. The number of ether oxygens (including phenoxy) is 1. The minimum absolute atomic E-state index is 0.130. The smallest absolute Gasteiger partial charge is 0.308 e.